The van der Waals surface area contributed by atoms with Gasteiger partial charge in [0.25, 0.3) is 5.91 Å². The molecule has 5 nitrogen and oxygen atoms in total. The first-order valence-corrected chi connectivity index (χ1v) is 6.00. The van der Waals surface area contributed by atoms with E-state index in [1.807, 2.05) is 6.92 Å². The summed E-state index contributed by atoms with van der Waals surface area (Å²) in [4.78, 5) is 12.2. The van der Waals surface area contributed by atoms with Crippen LogP contribution in [0.5, 0.6) is 17.2 Å². The van der Waals surface area contributed by atoms with Crippen molar-refractivity contribution >= 4 is 5.91 Å². The van der Waals surface area contributed by atoms with E-state index in [2.05, 4.69) is 0 Å². The number of hydrogen-bond acceptors (Lipinski definition) is 4. The zero-order chi connectivity index (χ0) is 14.0. The molecule has 0 spiro atoms. The van der Waals surface area contributed by atoms with Crippen LogP contribution in [-0.2, 0) is 6.42 Å². The molecule has 1 aromatic carbocycles. The number of phenols is 3. The first-order valence-electron chi connectivity index (χ1n) is 6.00. The maximum Gasteiger partial charge on any atom is 0.269 e. The number of phenolic OH excluding ortho intramolecular Hbond substituents is 3. The second kappa shape index (κ2) is 5.06. The van der Waals surface area contributed by atoms with Crippen LogP contribution in [0.1, 0.15) is 29.3 Å². The molecule has 0 unspecified atom stereocenters. The predicted molar refractivity (Wildman–Crippen MR) is 69.6 cm³/mol. The second-order valence-corrected chi connectivity index (χ2v) is 4.26. The molecule has 1 heterocycles. The molecule has 100 valence electrons. The van der Waals surface area contributed by atoms with Crippen LogP contribution < -0.4 is 0 Å². The lowest BCUT2D eigenvalue weighted by atomic mass is 10.0. The molecule has 0 saturated carbocycles. The van der Waals surface area contributed by atoms with E-state index in [9.17, 15) is 20.1 Å². The number of carbonyl (C=O) groups is 1. The van der Waals surface area contributed by atoms with Gasteiger partial charge in [-0.15, -0.1) is 0 Å². The number of aromatic hydroxyl groups is 3. The molecule has 0 radical (unpaired) electrons. The first kappa shape index (κ1) is 13.0. The molecular weight excluding hydrogens is 246 g/mol. The Hall–Kier alpha value is -2.43. The molecule has 1 aromatic heterocycles. The van der Waals surface area contributed by atoms with Gasteiger partial charge in [0, 0.05) is 24.0 Å². The average Bonchev–Trinajstić information content (AvgIpc) is 2.87. The van der Waals surface area contributed by atoms with Crippen molar-refractivity contribution in [3.05, 3.63) is 41.7 Å². The zero-order valence-corrected chi connectivity index (χ0v) is 10.5. The van der Waals surface area contributed by atoms with E-state index in [1.165, 1.54) is 17.0 Å². The van der Waals surface area contributed by atoms with Crippen molar-refractivity contribution in [3.63, 3.8) is 0 Å². The van der Waals surface area contributed by atoms with Gasteiger partial charge in [0.2, 0.25) is 0 Å². The Morgan fingerprint density at radius 2 is 1.79 bits per heavy atom. The van der Waals surface area contributed by atoms with Crippen LogP contribution in [0.4, 0.5) is 0 Å². The summed E-state index contributed by atoms with van der Waals surface area (Å²) in [5, 5.41) is 29.6. The van der Waals surface area contributed by atoms with Crippen LogP contribution in [-0.4, -0.2) is 25.8 Å². The highest BCUT2D eigenvalue weighted by atomic mass is 16.3. The molecule has 0 aliphatic rings. The maximum atomic E-state index is 12.2. The van der Waals surface area contributed by atoms with Gasteiger partial charge < -0.3 is 15.3 Å². The van der Waals surface area contributed by atoms with Crippen molar-refractivity contribution in [1.82, 2.24) is 4.57 Å². The van der Waals surface area contributed by atoms with E-state index in [1.54, 1.807) is 12.1 Å². The van der Waals surface area contributed by atoms with E-state index < -0.39 is 11.7 Å². The van der Waals surface area contributed by atoms with Crippen LogP contribution >= 0.6 is 0 Å². The minimum Gasteiger partial charge on any atom is -0.507 e. The maximum absolute atomic E-state index is 12.2. The fraction of sp³-hybridized carbons (Fsp3) is 0.214. The minimum atomic E-state index is -0.544. The molecule has 0 amide bonds. The Balaban J connectivity index is 2.57. The van der Waals surface area contributed by atoms with E-state index >= 15 is 0 Å². The van der Waals surface area contributed by atoms with Crippen LogP contribution in [0.25, 0.3) is 0 Å². The van der Waals surface area contributed by atoms with Crippen molar-refractivity contribution in [2.45, 2.75) is 19.8 Å². The summed E-state index contributed by atoms with van der Waals surface area (Å²) in [7, 11) is 0. The summed E-state index contributed by atoms with van der Waals surface area (Å²) in [5.41, 5.74) is 0.0771. The fourth-order valence-electron chi connectivity index (χ4n) is 1.99. The van der Waals surface area contributed by atoms with Crippen molar-refractivity contribution in [3.8, 4) is 17.2 Å². The summed E-state index contributed by atoms with van der Waals surface area (Å²) < 4.78 is 1.25. The lowest BCUT2D eigenvalue weighted by Crippen LogP contribution is -2.11. The molecule has 0 aliphatic heterocycles. The van der Waals surface area contributed by atoms with Gasteiger partial charge in [0.05, 0.1) is 0 Å². The highest BCUT2D eigenvalue weighted by molar-refractivity contribution is 6.01. The molecule has 3 N–H and O–H groups in total. The summed E-state index contributed by atoms with van der Waals surface area (Å²) in [6, 6.07) is 4.42. The summed E-state index contributed by atoms with van der Waals surface area (Å²) in [6.07, 6.45) is 4.16. The minimum absolute atomic E-state index is 0.197. The summed E-state index contributed by atoms with van der Waals surface area (Å²) in [6.45, 7) is 1.89. The van der Waals surface area contributed by atoms with Gasteiger partial charge in [0.1, 0.15) is 22.8 Å². The number of aromatic nitrogens is 1. The number of carbonyl (C=O) groups excluding carboxylic acids is 1. The average molecular weight is 261 g/mol. The standard InChI is InChI=1S/C14H15NO4/c1-2-5-9-10(16)8-11(17)12(13(9)18)14(19)15-6-3-4-7-15/h3-4,6-8,16-18H,2,5H2,1H3. The molecule has 0 saturated heterocycles. The number of nitrogens with zero attached hydrogens (tertiary/aromatic N) is 1. The lowest BCUT2D eigenvalue weighted by Gasteiger charge is -2.12. The smallest absolute Gasteiger partial charge is 0.269 e. The van der Waals surface area contributed by atoms with Crippen molar-refractivity contribution < 1.29 is 20.1 Å². The topological polar surface area (TPSA) is 82.7 Å². The van der Waals surface area contributed by atoms with Crippen LogP contribution in [0, 0.1) is 0 Å². The van der Waals surface area contributed by atoms with Crippen molar-refractivity contribution in [1.29, 1.82) is 0 Å². The Bertz CT molecular complexity index is 602. The molecule has 0 atom stereocenters. The lowest BCUT2D eigenvalue weighted by molar-refractivity contribution is 0.0954. The van der Waals surface area contributed by atoms with Gasteiger partial charge >= 0.3 is 0 Å². The van der Waals surface area contributed by atoms with Gasteiger partial charge in [0.15, 0.2) is 0 Å². The van der Waals surface area contributed by atoms with Crippen molar-refractivity contribution in [2.24, 2.45) is 0 Å². The third-order valence-corrected chi connectivity index (χ3v) is 2.91. The number of rotatable bonds is 3. The summed E-state index contributed by atoms with van der Waals surface area (Å²) >= 11 is 0. The zero-order valence-electron chi connectivity index (χ0n) is 10.5. The number of benzene rings is 1. The molecular formula is C14H15NO4. The van der Waals surface area contributed by atoms with Gasteiger partial charge in [-0.1, -0.05) is 13.3 Å². The highest BCUT2D eigenvalue weighted by Crippen LogP contribution is 2.38. The normalized spacial score (nSPS) is 10.6. The Morgan fingerprint density at radius 1 is 1.16 bits per heavy atom. The quantitative estimate of drug-likeness (QED) is 0.791. The predicted octanol–water partition coefficient (Wildman–Crippen LogP) is 2.25. The molecule has 2 aromatic rings. The Kier molecular flexibility index (Phi) is 3.46. The van der Waals surface area contributed by atoms with E-state index in [4.69, 9.17) is 0 Å². The summed E-state index contributed by atoms with van der Waals surface area (Å²) in [5.74, 6) is -1.55. The van der Waals surface area contributed by atoms with Gasteiger partial charge in [-0.25, -0.2) is 0 Å². The Morgan fingerprint density at radius 3 is 2.37 bits per heavy atom. The van der Waals surface area contributed by atoms with Gasteiger partial charge in [-0.05, 0) is 18.6 Å². The fourth-order valence-corrected chi connectivity index (χ4v) is 1.99. The van der Waals surface area contributed by atoms with Crippen LogP contribution in [0.3, 0.4) is 0 Å². The molecule has 0 fully saturated rings. The van der Waals surface area contributed by atoms with Crippen LogP contribution in [0.15, 0.2) is 30.6 Å². The van der Waals surface area contributed by atoms with Crippen LogP contribution in [0.2, 0.25) is 0 Å². The number of hydrogen-bond donors (Lipinski definition) is 3. The monoisotopic (exact) mass is 261 g/mol. The van der Waals surface area contributed by atoms with Gasteiger partial charge in [-0.2, -0.15) is 0 Å². The van der Waals surface area contributed by atoms with E-state index in [0.29, 0.717) is 12.8 Å². The SMILES string of the molecule is CCCc1c(O)cc(O)c(C(=O)n2cccc2)c1O. The largest absolute Gasteiger partial charge is 0.507 e. The van der Waals surface area contributed by atoms with Crippen molar-refractivity contribution in [2.75, 3.05) is 0 Å². The van der Waals surface area contributed by atoms with Gasteiger partial charge in [-0.3, -0.25) is 9.36 Å². The van der Waals surface area contributed by atoms with E-state index in [-0.39, 0.29) is 22.6 Å². The van der Waals surface area contributed by atoms with E-state index in [0.717, 1.165) is 6.07 Å². The molecule has 5 heteroatoms. The second-order valence-electron chi connectivity index (χ2n) is 4.26. The highest BCUT2D eigenvalue weighted by Gasteiger charge is 2.23. The molecule has 0 aliphatic carbocycles. The Labute approximate surface area is 110 Å². The first-order chi connectivity index (χ1) is 9.06. The third-order valence-electron chi connectivity index (χ3n) is 2.91. The molecule has 2 rings (SSSR count). The third kappa shape index (κ3) is 2.27. The molecule has 19 heavy (non-hydrogen) atoms. The molecule has 0 bridgehead atoms.